The largest absolute Gasteiger partial charge is 0.480 e. The number of benzene rings is 1. The van der Waals surface area contributed by atoms with Crippen LogP contribution in [0.5, 0.6) is 0 Å². The summed E-state index contributed by atoms with van der Waals surface area (Å²) in [6.45, 7) is 6.09. The number of aryl methyl sites for hydroxylation is 1. The first-order valence-electron chi connectivity index (χ1n) is 7.38. The molecule has 1 aliphatic heterocycles. The summed E-state index contributed by atoms with van der Waals surface area (Å²) in [6.07, 6.45) is 0.831. The molecule has 0 aromatic heterocycles. The molecular formula is C16H22N2O3. The van der Waals surface area contributed by atoms with Crippen LogP contribution >= 0.6 is 0 Å². The predicted octanol–water partition coefficient (Wildman–Crippen LogP) is 1.48. The molecule has 1 heterocycles. The average molecular weight is 290 g/mol. The summed E-state index contributed by atoms with van der Waals surface area (Å²) in [6, 6.07) is 7.19. The molecule has 0 aliphatic carbocycles. The number of hydrogen-bond acceptors (Lipinski definition) is 3. The Bertz CT molecular complexity index is 522. The summed E-state index contributed by atoms with van der Waals surface area (Å²) in [4.78, 5) is 27.3. The molecule has 0 radical (unpaired) electrons. The van der Waals surface area contributed by atoms with Crippen molar-refractivity contribution in [3.05, 3.63) is 35.4 Å². The Labute approximate surface area is 125 Å². The van der Waals surface area contributed by atoms with E-state index in [0.29, 0.717) is 26.2 Å². The highest BCUT2D eigenvalue weighted by molar-refractivity contribution is 5.95. The second kappa shape index (κ2) is 6.72. The van der Waals surface area contributed by atoms with Crippen LogP contribution in [0.1, 0.15) is 29.8 Å². The van der Waals surface area contributed by atoms with Gasteiger partial charge >= 0.3 is 5.97 Å². The van der Waals surface area contributed by atoms with Crippen LogP contribution in [0, 0.1) is 0 Å². The summed E-state index contributed by atoms with van der Waals surface area (Å²) in [7, 11) is 0. The van der Waals surface area contributed by atoms with Crippen molar-refractivity contribution >= 4 is 11.9 Å². The third-order valence-corrected chi connectivity index (χ3v) is 4.14. The molecule has 1 atom stereocenters. The quantitative estimate of drug-likeness (QED) is 0.912. The Hall–Kier alpha value is -1.88. The molecule has 1 aromatic carbocycles. The Morgan fingerprint density at radius 3 is 2.38 bits per heavy atom. The zero-order valence-corrected chi connectivity index (χ0v) is 12.6. The maximum absolute atomic E-state index is 12.6. The second-order valence-corrected chi connectivity index (χ2v) is 5.35. The van der Waals surface area contributed by atoms with E-state index in [0.717, 1.165) is 17.5 Å². The fraction of sp³-hybridized carbons (Fsp3) is 0.500. The van der Waals surface area contributed by atoms with Gasteiger partial charge in [-0.2, -0.15) is 0 Å². The molecular weight excluding hydrogens is 268 g/mol. The van der Waals surface area contributed by atoms with Gasteiger partial charge in [0.1, 0.15) is 6.04 Å². The maximum atomic E-state index is 12.6. The van der Waals surface area contributed by atoms with Crippen LogP contribution in [-0.4, -0.2) is 59.0 Å². The van der Waals surface area contributed by atoms with Gasteiger partial charge in [-0.3, -0.25) is 14.5 Å². The van der Waals surface area contributed by atoms with Crippen LogP contribution in [0.4, 0.5) is 0 Å². The first-order chi connectivity index (χ1) is 10.0. The maximum Gasteiger partial charge on any atom is 0.320 e. The van der Waals surface area contributed by atoms with Crippen molar-refractivity contribution in [1.82, 2.24) is 9.80 Å². The molecule has 1 saturated heterocycles. The Kier molecular flexibility index (Phi) is 4.96. The summed E-state index contributed by atoms with van der Waals surface area (Å²) in [5.41, 5.74) is 1.82. The molecule has 1 N–H and O–H groups in total. The van der Waals surface area contributed by atoms with Gasteiger partial charge in [-0.1, -0.05) is 25.1 Å². The molecule has 114 valence electrons. The van der Waals surface area contributed by atoms with Gasteiger partial charge in [-0.25, -0.2) is 0 Å². The summed E-state index contributed by atoms with van der Waals surface area (Å²) >= 11 is 0. The number of nitrogens with zero attached hydrogens (tertiary/aromatic N) is 2. The summed E-state index contributed by atoms with van der Waals surface area (Å²) < 4.78 is 0. The number of piperazine rings is 1. The molecule has 0 bridgehead atoms. The molecule has 1 fully saturated rings. The normalized spacial score (nSPS) is 17.5. The van der Waals surface area contributed by atoms with Crippen molar-refractivity contribution in [3.8, 4) is 0 Å². The monoisotopic (exact) mass is 290 g/mol. The lowest BCUT2D eigenvalue weighted by atomic mass is 10.0. The van der Waals surface area contributed by atoms with E-state index in [1.807, 2.05) is 41.0 Å². The molecule has 2 rings (SSSR count). The van der Waals surface area contributed by atoms with E-state index in [9.17, 15) is 9.59 Å². The Morgan fingerprint density at radius 1 is 1.19 bits per heavy atom. The molecule has 1 unspecified atom stereocenters. The number of carbonyl (C=O) groups is 2. The van der Waals surface area contributed by atoms with E-state index in [2.05, 4.69) is 0 Å². The van der Waals surface area contributed by atoms with Gasteiger partial charge in [-0.15, -0.1) is 0 Å². The molecule has 1 amide bonds. The number of aliphatic carboxylic acids is 1. The predicted molar refractivity (Wildman–Crippen MR) is 80.4 cm³/mol. The minimum absolute atomic E-state index is 0.0510. The number of carboxylic acids is 1. The van der Waals surface area contributed by atoms with Crippen LogP contribution in [0.25, 0.3) is 0 Å². The highest BCUT2D eigenvalue weighted by Gasteiger charge is 2.28. The molecule has 5 nitrogen and oxygen atoms in total. The third-order valence-electron chi connectivity index (χ3n) is 4.14. The highest BCUT2D eigenvalue weighted by Crippen LogP contribution is 2.15. The van der Waals surface area contributed by atoms with Crippen molar-refractivity contribution in [3.63, 3.8) is 0 Å². The van der Waals surface area contributed by atoms with E-state index < -0.39 is 12.0 Å². The van der Waals surface area contributed by atoms with E-state index in [-0.39, 0.29) is 5.91 Å². The van der Waals surface area contributed by atoms with Crippen molar-refractivity contribution in [2.45, 2.75) is 26.3 Å². The number of amides is 1. The molecule has 1 aromatic rings. The van der Waals surface area contributed by atoms with Gasteiger partial charge in [0, 0.05) is 31.7 Å². The second-order valence-electron chi connectivity index (χ2n) is 5.35. The van der Waals surface area contributed by atoms with Crippen LogP contribution in [0.3, 0.4) is 0 Å². The minimum Gasteiger partial charge on any atom is -0.480 e. The van der Waals surface area contributed by atoms with Crippen molar-refractivity contribution in [2.75, 3.05) is 26.2 Å². The lowest BCUT2D eigenvalue weighted by molar-refractivity contribution is -0.143. The smallest absolute Gasteiger partial charge is 0.320 e. The number of rotatable bonds is 4. The summed E-state index contributed by atoms with van der Waals surface area (Å²) in [5.74, 6) is -0.763. The zero-order chi connectivity index (χ0) is 15.4. The molecule has 0 spiro atoms. The number of hydrogen-bond donors (Lipinski definition) is 1. The topological polar surface area (TPSA) is 60.9 Å². The van der Waals surface area contributed by atoms with Gasteiger partial charge in [0.2, 0.25) is 0 Å². The molecule has 5 heteroatoms. The Morgan fingerprint density at radius 2 is 1.81 bits per heavy atom. The van der Waals surface area contributed by atoms with Gasteiger partial charge in [0.25, 0.3) is 5.91 Å². The lowest BCUT2D eigenvalue weighted by Crippen LogP contribution is -2.53. The van der Waals surface area contributed by atoms with Gasteiger partial charge in [0.15, 0.2) is 0 Å². The van der Waals surface area contributed by atoms with E-state index >= 15 is 0 Å². The van der Waals surface area contributed by atoms with Crippen LogP contribution in [0.2, 0.25) is 0 Å². The molecule has 1 aliphatic rings. The van der Waals surface area contributed by atoms with E-state index in [4.69, 9.17) is 5.11 Å². The van der Waals surface area contributed by atoms with Crippen molar-refractivity contribution in [1.29, 1.82) is 0 Å². The molecule has 0 saturated carbocycles. The van der Waals surface area contributed by atoms with Gasteiger partial charge in [-0.05, 0) is 25.0 Å². The SMILES string of the molecule is CCc1ccccc1C(=O)N1CCN(C(C)C(=O)O)CC1. The first kappa shape index (κ1) is 15.5. The highest BCUT2D eigenvalue weighted by atomic mass is 16.4. The van der Waals surface area contributed by atoms with Crippen LogP contribution in [-0.2, 0) is 11.2 Å². The van der Waals surface area contributed by atoms with Crippen LogP contribution < -0.4 is 0 Å². The van der Waals surface area contributed by atoms with Crippen molar-refractivity contribution in [2.24, 2.45) is 0 Å². The van der Waals surface area contributed by atoms with E-state index in [1.165, 1.54) is 0 Å². The van der Waals surface area contributed by atoms with Crippen molar-refractivity contribution < 1.29 is 14.7 Å². The van der Waals surface area contributed by atoms with Gasteiger partial charge < -0.3 is 10.0 Å². The third kappa shape index (κ3) is 3.42. The number of carboxylic acid groups (broad SMARTS) is 1. The standard InChI is InChI=1S/C16H22N2O3/c1-3-13-6-4-5-7-14(13)15(19)18-10-8-17(9-11-18)12(2)16(20)21/h4-7,12H,3,8-11H2,1-2H3,(H,20,21). The average Bonchev–Trinajstić information content (AvgIpc) is 2.53. The fourth-order valence-electron chi connectivity index (χ4n) is 2.68. The van der Waals surface area contributed by atoms with Crippen LogP contribution in [0.15, 0.2) is 24.3 Å². The lowest BCUT2D eigenvalue weighted by Gasteiger charge is -2.36. The zero-order valence-electron chi connectivity index (χ0n) is 12.6. The fourth-order valence-corrected chi connectivity index (χ4v) is 2.68. The van der Waals surface area contributed by atoms with Gasteiger partial charge in [0.05, 0.1) is 0 Å². The van der Waals surface area contributed by atoms with E-state index in [1.54, 1.807) is 6.92 Å². The molecule has 21 heavy (non-hydrogen) atoms. The Balaban J connectivity index is 2.02. The first-order valence-corrected chi connectivity index (χ1v) is 7.38. The summed E-state index contributed by atoms with van der Waals surface area (Å²) in [5, 5.41) is 9.03. The number of carbonyl (C=O) groups excluding carboxylic acids is 1. The minimum atomic E-state index is -0.814.